The Morgan fingerprint density at radius 2 is 1.91 bits per heavy atom. The van der Waals surface area contributed by atoms with Crippen molar-refractivity contribution in [1.29, 1.82) is 0 Å². The van der Waals surface area contributed by atoms with Gasteiger partial charge in [0.25, 0.3) is 0 Å². The van der Waals surface area contributed by atoms with Crippen LogP contribution in [0.1, 0.15) is 46.2 Å². The van der Waals surface area contributed by atoms with Gasteiger partial charge in [0.15, 0.2) is 17.2 Å². The molecule has 0 atom stereocenters. The Kier molecular flexibility index (Phi) is 6.54. The van der Waals surface area contributed by atoms with Crippen LogP contribution in [0.4, 0.5) is 5.69 Å². The summed E-state index contributed by atoms with van der Waals surface area (Å²) in [5.41, 5.74) is 1.86. The highest BCUT2D eigenvalue weighted by atomic mass is 35.5. The normalized spacial score (nSPS) is 11.4. The second-order valence-corrected chi connectivity index (χ2v) is 8.53. The van der Waals surface area contributed by atoms with Gasteiger partial charge in [-0.15, -0.1) is 9.73 Å². The molecule has 0 aliphatic heterocycles. The van der Waals surface area contributed by atoms with Crippen LogP contribution in [0.2, 0.25) is 5.02 Å². The number of rotatable bonds is 6. The minimum Gasteiger partial charge on any atom is -0.469 e. The van der Waals surface area contributed by atoms with Crippen LogP contribution < -0.4 is 10.1 Å². The van der Waals surface area contributed by atoms with Crippen molar-refractivity contribution in [1.82, 2.24) is 19.8 Å². The largest absolute Gasteiger partial charge is 0.469 e. The third-order valence-corrected chi connectivity index (χ3v) is 4.88. The average molecular weight is 462 g/mol. The molecular formula is C21H24ClN5O5. The zero-order chi connectivity index (χ0) is 23.6. The fourth-order valence-electron chi connectivity index (χ4n) is 2.96. The van der Waals surface area contributed by atoms with Crippen molar-refractivity contribution in [3.8, 4) is 17.1 Å². The Hall–Kier alpha value is -3.40. The van der Waals surface area contributed by atoms with Gasteiger partial charge in [0, 0.05) is 24.3 Å². The maximum absolute atomic E-state index is 12.3. The van der Waals surface area contributed by atoms with Crippen LogP contribution in [-0.4, -0.2) is 44.8 Å². The number of hydrogen-bond donors (Lipinski definition) is 2. The number of halogens is 1. The van der Waals surface area contributed by atoms with E-state index < -0.39 is 17.8 Å². The topological polar surface area (TPSA) is 128 Å². The number of hydrogen-bond acceptors (Lipinski definition) is 7. The molecule has 0 fully saturated rings. The lowest BCUT2D eigenvalue weighted by Gasteiger charge is -2.14. The van der Waals surface area contributed by atoms with Crippen LogP contribution in [0.25, 0.3) is 17.0 Å². The summed E-state index contributed by atoms with van der Waals surface area (Å²) in [7, 11) is 1.25. The number of amides is 1. The van der Waals surface area contributed by atoms with Gasteiger partial charge < -0.3 is 19.8 Å². The summed E-state index contributed by atoms with van der Waals surface area (Å²) in [6, 6.07) is 4.82. The van der Waals surface area contributed by atoms with Gasteiger partial charge >= 0.3 is 11.9 Å². The third kappa shape index (κ3) is 5.08. The number of carbonyl (C=O) groups is 3. The molecule has 11 heteroatoms. The number of anilines is 1. The molecule has 0 aliphatic rings. The van der Waals surface area contributed by atoms with Crippen molar-refractivity contribution < 1.29 is 23.9 Å². The number of benzene rings is 1. The Bertz CT molecular complexity index is 1190. The van der Waals surface area contributed by atoms with Crippen molar-refractivity contribution in [2.45, 2.75) is 46.0 Å². The fourth-order valence-corrected chi connectivity index (χ4v) is 3.40. The monoisotopic (exact) mass is 461 g/mol. The first kappa shape index (κ1) is 23.3. The highest BCUT2D eigenvalue weighted by Gasteiger charge is 2.25. The van der Waals surface area contributed by atoms with Gasteiger partial charge in [-0.05, 0) is 18.2 Å². The zero-order valence-corrected chi connectivity index (χ0v) is 19.2. The summed E-state index contributed by atoms with van der Waals surface area (Å²) >= 11 is 6.49. The summed E-state index contributed by atoms with van der Waals surface area (Å²) in [4.78, 5) is 38.2. The van der Waals surface area contributed by atoms with Crippen LogP contribution in [-0.2, 0) is 24.5 Å². The molecule has 0 bridgehead atoms. The first-order chi connectivity index (χ1) is 15.0. The SMILES string of the molecule is COC(=O)CCC(=O)Nc1cc(-c2nn3nc(C(C)(C)C)c(Cl)c3[nH]2)ccc1OC(C)=O. The summed E-state index contributed by atoms with van der Waals surface area (Å²) in [6.45, 7) is 7.27. The molecule has 0 radical (unpaired) electrons. The number of aromatic nitrogens is 4. The Morgan fingerprint density at radius 3 is 2.50 bits per heavy atom. The van der Waals surface area contributed by atoms with E-state index >= 15 is 0 Å². The number of aromatic amines is 1. The molecule has 1 amide bonds. The van der Waals surface area contributed by atoms with E-state index in [9.17, 15) is 14.4 Å². The zero-order valence-electron chi connectivity index (χ0n) is 18.4. The minimum absolute atomic E-state index is 0.0745. The van der Waals surface area contributed by atoms with E-state index in [1.165, 1.54) is 18.7 Å². The van der Waals surface area contributed by atoms with Crippen LogP contribution >= 0.6 is 11.6 Å². The molecule has 0 saturated carbocycles. The van der Waals surface area contributed by atoms with Gasteiger partial charge in [0.2, 0.25) is 5.91 Å². The molecule has 1 aromatic carbocycles. The number of H-pyrrole nitrogens is 1. The molecule has 32 heavy (non-hydrogen) atoms. The molecule has 0 unspecified atom stereocenters. The van der Waals surface area contributed by atoms with E-state index in [1.54, 1.807) is 18.2 Å². The number of esters is 2. The number of nitrogens with one attached hydrogen (secondary N) is 2. The first-order valence-electron chi connectivity index (χ1n) is 9.84. The predicted molar refractivity (Wildman–Crippen MR) is 118 cm³/mol. The highest BCUT2D eigenvalue weighted by molar-refractivity contribution is 6.34. The van der Waals surface area contributed by atoms with Gasteiger partial charge in [-0.3, -0.25) is 14.4 Å². The highest BCUT2D eigenvalue weighted by Crippen LogP contribution is 2.34. The van der Waals surface area contributed by atoms with Gasteiger partial charge in [-0.1, -0.05) is 32.4 Å². The molecule has 2 heterocycles. The van der Waals surface area contributed by atoms with Gasteiger partial charge in [-0.2, -0.15) is 5.10 Å². The second-order valence-electron chi connectivity index (χ2n) is 8.15. The number of fused-ring (bicyclic) bond motifs is 1. The van der Waals surface area contributed by atoms with E-state index in [-0.39, 0.29) is 29.7 Å². The fraction of sp³-hybridized carbons (Fsp3) is 0.381. The lowest BCUT2D eigenvalue weighted by molar-refractivity contribution is -0.141. The van der Waals surface area contributed by atoms with Crippen molar-refractivity contribution in [2.24, 2.45) is 0 Å². The third-order valence-electron chi connectivity index (χ3n) is 4.52. The van der Waals surface area contributed by atoms with Crippen molar-refractivity contribution >= 4 is 40.8 Å². The molecule has 2 N–H and O–H groups in total. The summed E-state index contributed by atoms with van der Waals surface area (Å²) in [5.74, 6) is -0.861. The Balaban J connectivity index is 1.93. The van der Waals surface area contributed by atoms with E-state index in [0.717, 1.165) is 0 Å². The van der Waals surface area contributed by atoms with E-state index in [0.29, 0.717) is 27.8 Å². The standard InChI is InChI=1S/C21H24ClN5O5/c1-11(28)32-14-7-6-12(10-13(14)23-15(29)8-9-16(30)31-5)19-24-20-17(22)18(21(2,3)4)25-27(20)26-19/h6-7,10H,8-9H2,1-5H3,(H,23,29)(H,24,26). The van der Waals surface area contributed by atoms with Crippen molar-refractivity contribution in [2.75, 3.05) is 12.4 Å². The smallest absolute Gasteiger partial charge is 0.308 e. The lowest BCUT2D eigenvalue weighted by atomic mass is 9.92. The molecule has 0 spiro atoms. The average Bonchev–Trinajstić information content (AvgIpc) is 3.26. The molecule has 170 valence electrons. The Morgan fingerprint density at radius 1 is 1.19 bits per heavy atom. The predicted octanol–water partition coefficient (Wildman–Crippen LogP) is 3.49. The molecule has 3 rings (SSSR count). The minimum atomic E-state index is -0.541. The van der Waals surface area contributed by atoms with E-state index in [4.69, 9.17) is 16.3 Å². The van der Waals surface area contributed by atoms with Gasteiger partial charge in [-0.25, -0.2) is 0 Å². The van der Waals surface area contributed by atoms with E-state index in [2.05, 4.69) is 25.2 Å². The molecule has 0 saturated heterocycles. The number of carbonyl (C=O) groups excluding carboxylic acids is 3. The number of nitrogens with zero attached hydrogens (tertiary/aromatic N) is 3. The summed E-state index contributed by atoms with van der Waals surface area (Å²) < 4.78 is 11.2. The van der Waals surface area contributed by atoms with Gasteiger partial charge in [0.05, 0.1) is 24.9 Å². The maximum Gasteiger partial charge on any atom is 0.308 e. The molecular weight excluding hydrogens is 438 g/mol. The quantitative estimate of drug-likeness (QED) is 0.424. The number of methoxy groups -OCH3 is 1. The van der Waals surface area contributed by atoms with Crippen LogP contribution in [0.5, 0.6) is 5.75 Å². The summed E-state index contributed by atoms with van der Waals surface area (Å²) in [6.07, 6.45) is -0.162. The first-order valence-corrected chi connectivity index (χ1v) is 10.2. The van der Waals surface area contributed by atoms with Crippen LogP contribution in [0.15, 0.2) is 18.2 Å². The summed E-state index contributed by atoms with van der Waals surface area (Å²) in [5, 5.41) is 12.0. The molecule has 2 aromatic heterocycles. The maximum atomic E-state index is 12.3. The molecule has 10 nitrogen and oxygen atoms in total. The second kappa shape index (κ2) is 8.99. The lowest BCUT2D eigenvalue weighted by Crippen LogP contribution is -2.15. The van der Waals surface area contributed by atoms with Crippen LogP contribution in [0, 0.1) is 0 Å². The van der Waals surface area contributed by atoms with Crippen LogP contribution in [0.3, 0.4) is 0 Å². The Labute approximate surface area is 189 Å². The van der Waals surface area contributed by atoms with Crippen molar-refractivity contribution in [3.63, 3.8) is 0 Å². The molecule has 0 aliphatic carbocycles. The number of ether oxygens (including phenoxy) is 2. The van der Waals surface area contributed by atoms with Gasteiger partial charge in [0.1, 0.15) is 5.02 Å². The van der Waals surface area contributed by atoms with E-state index in [1.807, 2.05) is 20.8 Å². The molecule has 3 aromatic rings. The van der Waals surface area contributed by atoms with Crippen molar-refractivity contribution in [3.05, 3.63) is 28.9 Å².